The SMILES string of the molecule is CC(OCc1cccnc1)C(NCc1cccnc1)C(N)=O.Cl.Cl. The highest BCUT2D eigenvalue weighted by Crippen LogP contribution is 2.06. The second-order valence-corrected chi connectivity index (χ2v) is 5.00. The van der Waals surface area contributed by atoms with Gasteiger partial charge in [-0.2, -0.15) is 0 Å². The van der Waals surface area contributed by atoms with Crippen LogP contribution in [0.15, 0.2) is 49.1 Å². The van der Waals surface area contributed by atoms with Gasteiger partial charge in [0.1, 0.15) is 6.04 Å². The first-order chi connectivity index (χ1) is 10.7. The van der Waals surface area contributed by atoms with Crippen LogP contribution in [-0.4, -0.2) is 28.0 Å². The lowest BCUT2D eigenvalue weighted by atomic mass is 10.1. The van der Waals surface area contributed by atoms with Crippen LogP contribution in [0.4, 0.5) is 0 Å². The molecule has 0 spiro atoms. The van der Waals surface area contributed by atoms with Crippen LogP contribution in [0.2, 0.25) is 0 Å². The number of carbonyl (C=O) groups is 1. The van der Waals surface area contributed by atoms with Crippen LogP contribution in [0.25, 0.3) is 0 Å². The summed E-state index contributed by atoms with van der Waals surface area (Å²) < 4.78 is 5.72. The predicted octanol–water partition coefficient (Wildman–Crippen LogP) is 1.87. The summed E-state index contributed by atoms with van der Waals surface area (Å²) in [5.74, 6) is -0.442. The summed E-state index contributed by atoms with van der Waals surface area (Å²) in [5.41, 5.74) is 7.39. The van der Waals surface area contributed by atoms with Crippen molar-refractivity contribution in [3.63, 3.8) is 0 Å². The average Bonchev–Trinajstić information content (AvgIpc) is 2.55. The molecule has 0 saturated carbocycles. The third-order valence-electron chi connectivity index (χ3n) is 3.26. The van der Waals surface area contributed by atoms with E-state index >= 15 is 0 Å². The van der Waals surface area contributed by atoms with Gasteiger partial charge in [-0.15, -0.1) is 24.8 Å². The van der Waals surface area contributed by atoms with Gasteiger partial charge >= 0.3 is 0 Å². The van der Waals surface area contributed by atoms with Gasteiger partial charge in [-0.1, -0.05) is 12.1 Å². The Morgan fingerprint density at radius 3 is 2.25 bits per heavy atom. The molecular formula is C16H22Cl2N4O2. The van der Waals surface area contributed by atoms with Crippen molar-refractivity contribution in [2.24, 2.45) is 5.73 Å². The van der Waals surface area contributed by atoms with Crippen molar-refractivity contribution < 1.29 is 9.53 Å². The molecule has 24 heavy (non-hydrogen) atoms. The van der Waals surface area contributed by atoms with E-state index in [1.54, 1.807) is 24.8 Å². The fraction of sp³-hybridized carbons (Fsp3) is 0.312. The number of nitrogens with two attached hydrogens (primary N) is 1. The van der Waals surface area contributed by atoms with E-state index in [2.05, 4.69) is 15.3 Å². The number of carbonyl (C=O) groups excluding carboxylic acids is 1. The van der Waals surface area contributed by atoms with Gasteiger partial charge < -0.3 is 10.5 Å². The topological polar surface area (TPSA) is 90.1 Å². The number of rotatable bonds is 8. The van der Waals surface area contributed by atoms with Gasteiger partial charge in [-0.3, -0.25) is 20.1 Å². The fourth-order valence-electron chi connectivity index (χ4n) is 2.04. The minimum absolute atomic E-state index is 0. The van der Waals surface area contributed by atoms with E-state index in [9.17, 15) is 4.79 Å². The molecule has 2 rings (SSSR count). The number of aromatic nitrogens is 2. The van der Waals surface area contributed by atoms with Gasteiger partial charge in [-0.25, -0.2) is 0 Å². The minimum atomic E-state index is -0.572. The highest BCUT2D eigenvalue weighted by atomic mass is 35.5. The number of hydrogen-bond acceptors (Lipinski definition) is 5. The monoisotopic (exact) mass is 372 g/mol. The molecule has 0 aliphatic heterocycles. The van der Waals surface area contributed by atoms with E-state index in [4.69, 9.17) is 10.5 Å². The zero-order chi connectivity index (χ0) is 15.8. The number of ether oxygens (including phenoxy) is 1. The Hall–Kier alpha value is -1.73. The second-order valence-electron chi connectivity index (χ2n) is 5.00. The van der Waals surface area contributed by atoms with Crippen molar-refractivity contribution in [2.45, 2.75) is 32.2 Å². The van der Waals surface area contributed by atoms with Crippen molar-refractivity contribution >= 4 is 30.7 Å². The number of nitrogens with one attached hydrogen (secondary N) is 1. The maximum absolute atomic E-state index is 11.6. The van der Waals surface area contributed by atoms with E-state index in [0.717, 1.165) is 11.1 Å². The summed E-state index contributed by atoms with van der Waals surface area (Å²) in [6.45, 7) is 2.71. The molecule has 132 valence electrons. The summed E-state index contributed by atoms with van der Waals surface area (Å²) in [4.78, 5) is 19.7. The van der Waals surface area contributed by atoms with Crippen LogP contribution in [-0.2, 0) is 22.7 Å². The standard InChI is InChI=1S/C16H20N4O2.2ClH/c1-12(22-11-14-5-3-7-19-9-14)15(16(17)21)20-10-13-4-2-6-18-8-13;;/h2-9,12,15,20H,10-11H2,1H3,(H2,17,21);2*1H. The number of nitrogens with zero attached hydrogens (tertiary/aromatic N) is 2. The van der Waals surface area contributed by atoms with Crippen LogP contribution in [0.3, 0.4) is 0 Å². The van der Waals surface area contributed by atoms with Gasteiger partial charge in [0.25, 0.3) is 0 Å². The first-order valence-corrected chi connectivity index (χ1v) is 7.09. The molecule has 3 N–H and O–H groups in total. The molecule has 2 unspecified atom stereocenters. The number of amides is 1. The van der Waals surface area contributed by atoms with E-state index in [0.29, 0.717) is 13.2 Å². The Bertz CT molecular complexity index is 587. The molecule has 6 nitrogen and oxygen atoms in total. The fourth-order valence-corrected chi connectivity index (χ4v) is 2.04. The number of halogens is 2. The molecule has 0 aliphatic rings. The van der Waals surface area contributed by atoms with Crippen molar-refractivity contribution in [1.82, 2.24) is 15.3 Å². The van der Waals surface area contributed by atoms with Gasteiger partial charge in [-0.05, 0) is 30.2 Å². The molecular weight excluding hydrogens is 351 g/mol. The predicted molar refractivity (Wildman–Crippen MR) is 97.0 cm³/mol. The molecule has 2 aromatic rings. The molecule has 8 heteroatoms. The normalized spacial score (nSPS) is 12.4. The van der Waals surface area contributed by atoms with E-state index in [1.165, 1.54) is 0 Å². The lowest BCUT2D eigenvalue weighted by Gasteiger charge is -2.22. The Morgan fingerprint density at radius 1 is 1.17 bits per heavy atom. The van der Waals surface area contributed by atoms with Crippen LogP contribution in [0, 0.1) is 0 Å². The highest BCUT2D eigenvalue weighted by Gasteiger charge is 2.23. The third kappa shape index (κ3) is 7.23. The van der Waals surface area contributed by atoms with Gasteiger partial charge in [0.2, 0.25) is 5.91 Å². The maximum Gasteiger partial charge on any atom is 0.237 e. The Morgan fingerprint density at radius 2 is 1.75 bits per heavy atom. The molecule has 1 amide bonds. The van der Waals surface area contributed by atoms with Gasteiger partial charge in [0, 0.05) is 31.3 Å². The van der Waals surface area contributed by atoms with E-state index < -0.39 is 11.9 Å². The first-order valence-electron chi connectivity index (χ1n) is 7.09. The zero-order valence-electron chi connectivity index (χ0n) is 13.3. The quantitative estimate of drug-likeness (QED) is 0.737. The van der Waals surface area contributed by atoms with E-state index in [-0.39, 0.29) is 30.9 Å². The van der Waals surface area contributed by atoms with E-state index in [1.807, 2.05) is 31.2 Å². The summed E-state index contributed by atoms with van der Waals surface area (Å²) >= 11 is 0. The van der Waals surface area contributed by atoms with Gasteiger partial charge in [0.05, 0.1) is 12.7 Å². The van der Waals surface area contributed by atoms with Crippen molar-refractivity contribution in [1.29, 1.82) is 0 Å². The summed E-state index contributed by atoms with van der Waals surface area (Å²) in [5, 5.41) is 3.12. The van der Waals surface area contributed by atoms with Crippen molar-refractivity contribution in [2.75, 3.05) is 0 Å². The molecule has 0 aromatic carbocycles. The molecule has 0 aliphatic carbocycles. The van der Waals surface area contributed by atoms with Crippen LogP contribution in [0.1, 0.15) is 18.1 Å². The molecule has 0 fully saturated rings. The maximum atomic E-state index is 11.6. The molecule has 2 heterocycles. The summed E-state index contributed by atoms with van der Waals surface area (Å²) in [6.07, 6.45) is 6.53. The highest BCUT2D eigenvalue weighted by molar-refractivity contribution is 5.85. The summed E-state index contributed by atoms with van der Waals surface area (Å²) in [7, 11) is 0. The Balaban J connectivity index is 0.00000264. The largest absolute Gasteiger partial charge is 0.372 e. The molecule has 2 atom stereocenters. The minimum Gasteiger partial charge on any atom is -0.372 e. The van der Waals surface area contributed by atoms with Crippen molar-refractivity contribution in [3.05, 3.63) is 60.2 Å². The number of pyridine rings is 2. The molecule has 0 radical (unpaired) electrons. The molecule has 0 saturated heterocycles. The number of hydrogen-bond donors (Lipinski definition) is 2. The third-order valence-corrected chi connectivity index (χ3v) is 3.26. The average molecular weight is 373 g/mol. The molecule has 2 aromatic heterocycles. The number of primary amides is 1. The Labute approximate surface area is 154 Å². The van der Waals surface area contributed by atoms with Crippen LogP contribution >= 0.6 is 24.8 Å². The first kappa shape index (κ1) is 22.3. The van der Waals surface area contributed by atoms with Crippen molar-refractivity contribution in [3.8, 4) is 0 Å². The zero-order valence-corrected chi connectivity index (χ0v) is 14.9. The lowest BCUT2D eigenvalue weighted by molar-refractivity contribution is -0.124. The molecule has 0 bridgehead atoms. The summed E-state index contributed by atoms with van der Waals surface area (Å²) in [6, 6.07) is 6.96. The van der Waals surface area contributed by atoms with Gasteiger partial charge in [0.15, 0.2) is 0 Å². The smallest absolute Gasteiger partial charge is 0.237 e. The van der Waals surface area contributed by atoms with Crippen LogP contribution in [0.5, 0.6) is 0 Å². The second kappa shape index (κ2) is 11.8. The Kier molecular flexibility index (Phi) is 10.9. The van der Waals surface area contributed by atoms with Crippen LogP contribution < -0.4 is 11.1 Å². The lowest BCUT2D eigenvalue weighted by Crippen LogP contribution is -2.49.